The minimum atomic E-state index is 0.173. The zero-order valence-corrected chi connectivity index (χ0v) is 15.1. The molecule has 0 aliphatic carbocycles. The average Bonchev–Trinajstić information content (AvgIpc) is 3.35. The van der Waals surface area contributed by atoms with E-state index in [0.29, 0.717) is 12.1 Å². The number of aromatic nitrogens is 2. The van der Waals surface area contributed by atoms with E-state index in [1.165, 1.54) is 12.8 Å². The number of carbonyl (C=O) groups excluding carboxylic acids is 1. The molecule has 2 unspecified atom stereocenters. The largest absolute Gasteiger partial charge is 0.334 e. The monoisotopic (exact) mass is 338 g/mol. The molecule has 4 rings (SSSR count). The van der Waals surface area contributed by atoms with E-state index in [9.17, 15) is 4.79 Å². The fraction of sp³-hybridized carbons (Fsp3) is 0.500. The zero-order valence-electron chi connectivity index (χ0n) is 15.1. The van der Waals surface area contributed by atoms with E-state index in [-0.39, 0.29) is 5.91 Å². The van der Waals surface area contributed by atoms with Gasteiger partial charge in [0, 0.05) is 36.1 Å². The van der Waals surface area contributed by atoms with Gasteiger partial charge in [0.25, 0.3) is 5.91 Å². The second-order valence-corrected chi connectivity index (χ2v) is 7.33. The number of likely N-dealkylation sites (tertiary alicyclic amines) is 2. The van der Waals surface area contributed by atoms with Crippen molar-refractivity contribution in [2.45, 2.75) is 44.7 Å². The van der Waals surface area contributed by atoms with Gasteiger partial charge in [0.1, 0.15) is 0 Å². The fourth-order valence-electron chi connectivity index (χ4n) is 4.42. The quantitative estimate of drug-likeness (QED) is 0.864. The first-order valence-electron chi connectivity index (χ1n) is 9.27. The lowest BCUT2D eigenvalue weighted by molar-refractivity contribution is 0.0664. The predicted octanol–water partition coefficient (Wildman–Crippen LogP) is 2.88. The van der Waals surface area contributed by atoms with Gasteiger partial charge in [-0.05, 0) is 76.5 Å². The molecule has 5 nitrogen and oxygen atoms in total. The summed E-state index contributed by atoms with van der Waals surface area (Å²) in [6, 6.07) is 10.7. The Morgan fingerprint density at radius 3 is 2.40 bits per heavy atom. The normalized spacial score (nSPS) is 24.2. The van der Waals surface area contributed by atoms with Crippen LogP contribution in [0, 0.1) is 6.92 Å². The number of hydrogen-bond donors (Lipinski definition) is 0. The molecule has 2 aliphatic heterocycles. The summed E-state index contributed by atoms with van der Waals surface area (Å²) in [6.45, 7) is 4.06. The van der Waals surface area contributed by atoms with Crippen molar-refractivity contribution in [2.75, 3.05) is 20.1 Å². The molecule has 0 spiro atoms. The molecule has 25 heavy (non-hydrogen) atoms. The number of rotatable bonds is 3. The zero-order chi connectivity index (χ0) is 17.4. The number of likely N-dealkylation sites (N-methyl/N-ethyl adjacent to an activating group) is 1. The molecule has 2 aliphatic rings. The molecular weight excluding hydrogens is 312 g/mol. The van der Waals surface area contributed by atoms with Crippen molar-refractivity contribution in [3.05, 3.63) is 47.8 Å². The lowest BCUT2D eigenvalue weighted by Gasteiger charge is -2.33. The standard InChI is InChI=1S/C20H26N4O/c1-15-11-12-21-24(15)17-9-7-16(8-10-17)20(25)23-14-4-6-19(23)18-5-3-13-22(18)2/h7-12,18-19H,3-6,13-14H2,1-2H3. The minimum absolute atomic E-state index is 0.173. The Balaban J connectivity index is 1.53. The summed E-state index contributed by atoms with van der Waals surface area (Å²) in [5.41, 5.74) is 2.86. The molecule has 0 bridgehead atoms. The van der Waals surface area contributed by atoms with Crippen LogP contribution in [0.15, 0.2) is 36.5 Å². The Labute approximate surface area is 149 Å². The van der Waals surface area contributed by atoms with Gasteiger partial charge in [-0.3, -0.25) is 4.79 Å². The Morgan fingerprint density at radius 2 is 1.76 bits per heavy atom. The maximum atomic E-state index is 13.1. The molecule has 1 aromatic heterocycles. The molecule has 2 aromatic rings. The highest BCUT2D eigenvalue weighted by Gasteiger charge is 2.38. The molecule has 1 amide bonds. The van der Waals surface area contributed by atoms with E-state index in [1.807, 2.05) is 41.9 Å². The topological polar surface area (TPSA) is 41.4 Å². The van der Waals surface area contributed by atoms with Crippen LogP contribution in [0.25, 0.3) is 5.69 Å². The van der Waals surface area contributed by atoms with E-state index in [2.05, 4.69) is 21.9 Å². The number of aryl methyl sites for hydroxylation is 1. The molecule has 0 saturated carbocycles. The van der Waals surface area contributed by atoms with Crippen LogP contribution in [-0.4, -0.2) is 57.7 Å². The molecule has 132 valence electrons. The van der Waals surface area contributed by atoms with Crippen molar-refractivity contribution in [3.8, 4) is 5.69 Å². The summed E-state index contributed by atoms with van der Waals surface area (Å²) < 4.78 is 1.89. The van der Waals surface area contributed by atoms with Crippen LogP contribution in [0.4, 0.5) is 0 Å². The first-order valence-corrected chi connectivity index (χ1v) is 9.27. The smallest absolute Gasteiger partial charge is 0.254 e. The third-order valence-corrected chi connectivity index (χ3v) is 5.77. The summed E-state index contributed by atoms with van der Waals surface area (Å²) in [4.78, 5) is 17.6. The van der Waals surface area contributed by atoms with Crippen LogP contribution < -0.4 is 0 Å². The Kier molecular flexibility index (Phi) is 4.34. The first-order chi connectivity index (χ1) is 12.1. The van der Waals surface area contributed by atoms with E-state index in [1.54, 1.807) is 6.20 Å². The average molecular weight is 338 g/mol. The number of carbonyl (C=O) groups is 1. The number of amides is 1. The highest BCUT2D eigenvalue weighted by molar-refractivity contribution is 5.94. The molecule has 0 radical (unpaired) electrons. The van der Waals surface area contributed by atoms with Gasteiger partial charge in [-0.25, -0.2) is 4.68 Å². The fourth-order valence-corrected chi connectivity index (χ4v) is 4.42. The molecule has 0 N–H and O–H groups in total. The van der Waals surface area contributed by atoms with Gasteiger partial charge in [-0.2, -0.15) is 5.10 Å². The second kappa shape index (κ2) is 6.64. The Bertz CT molecular complexity index is 751. The van der Waals surface area contributed by atoms with Crippen molar-refractivity contribution in [1.29, 1.82) is 0 Å². The summed E-state index contributed by atoms with van der Waals surface area (Å²) >= 11 is 0. The van der Waals surface area contributed by atoms with Crippen LogP contribution in [0.5, 0.6) is 0 Å². The number of nitrogens with zero attached hydrogens (tertiary/aromatic N) is 4. The summed E-state index contributed by atoms with van der Waals surface area (Å²) in [5.74, 6) is 0.173. The molecule has 1 aromatic carbocycles. The molecule has 3 heterocycles. The molecule has 2 atom stereocenters. The molecular formula is C20H26N4O. The third kappa shape index (κ3) is 2.97. The van der Waals surface area contributed by atoms with Crippen molar-refractivity contribution >= 4 is 5.91 Å². The van der Waals surface area contributed by atoms with E-state index >= 15 is 0 Å². The SMILES string of the molecule is Cc1ccnn1-c1ccc(C(=O)N2CCCC2C2CCCN2C)cc1. The lowest BCUT2D eigenvalue weighted by atomic mass is 10.0. The summed E-state index contributed by atoms with van der Waals surface area (Å²) in [7, 11) is 2.19. The highest BCUT2D eigenvalue weighted by atomic mass is 16.2. The maximum Gasteiger partial charge on any atom is 0.254 e. The summed E-state index contributed by atoms with van der Waals surface area (Å²) in [6.07, 6.45) is 6.50. The van der Waals surface area contributed by atoms with Gasteiger partial charge in [-0.15, -0.1) is 0 Å². The molecule has 5 heteroatoms. The van der Waals surface area contributed by atoms with E-state index in [0.717, 1.165) is 42.9 Å². The van der Waals surface area contributed by atoms with Gasteiger partial charge in [0.05, 0.1) is 5.69 Å². The van der Waals surface area contributed by atoms with Crippen LogP contribution in [0.2, 0.25) is 0 Å². The second-order valence-electron chi connectivity index (χ2n) is 7.33. The summed E-state index contributed by atoms with van der Waals surface area (Å²) in [5, 5.41) is 4.33. The first kappa shape index (κ1) is 16.3. The third-order valence-electron chi connectivity index (χ3n) is 5.77. The minimum Gasteiger partial charge on any atom is -0.334 e. The van der Waals surface area contributed by atoms with Gasteiger partial charge in [0.15, 0.2) is 0 Å². The Hall–Kier alpha value is -2.14. The van der Waals surface area contributed by atoms with Crippen molar-refractivity contribution in [1.82, 2.24) is 19.6 Å². The van der Waals surface area contributed by atoms with Crippen LogP contribution in [-0.2, 0) is 0 Å². The van der Waals surface area contributed by atoms with E-state index < -0.39 is 0 Å². The lowest BCUT2D eigenvalue weighted by Crippen LogP contribution is -2.47. The van der Waals surface area contributed by atoms with Gasteiger partial charge < -0.3 is 9.80 Å². The van der Waals surface area contributed by atoms with Crippen LogP contribution in [0.1, 0.15) is 41.7 Å². The van der Waals surface area contributed by atoms with Crippen molar-refractivity contribution < 1.29 is 4.79 Å². The number of hydrogen-bond acceptors (Lipinski definition) is 3. The highest BCUT2D eigenvalue weighted by Crippen LogP contribution is 2.30. The van der Waals surface area contributed by atoms with Crippen LogP contribution in [0.3, 0.4) is 0 Å². The maximum absolute atomic E-state index is 13.1. The molecule has 2 saturated heterocycles. The van der Waals surface area contributed by atoms with Gasteiger partial charge in [0.2, 0.25) is 0 Å². The van der Waals surface area contributed by atoms with E-state index in [4.69, 9.17) is 0 Å². The van der Waals surface area contributed by atoms with Crippen molar-refractivity contribution in [2.24, 2.45) is 0 Å². The number of benzene rings is 1. The van der Waals surface area contributed by atoms with Gasteiger partial charge in [-0.1, -0.05) is 0 Å². The Morgan fingerprint density at radius 1 is 1.04 bits per heavy atom. The van der Waals surface area contributed by atoms with Crippen LogP contribution >= 0.6 is 0 Å². The predicted molar refractivity (Wildman–Crippen MR) is 98.0 cm³/mol. The molecule has 2 fully saturated rings. The van der Waals surface area contributed by atoms with Crippen molar-refractivity contribution in [3.63, 3.8) is 0 Å². The van der Waals surface area contributed by atoms with Gasteiger partial charge >= 0.3 is 0 Å².